The van der Waals surface area contributed by atoms with Gasteiger partial charge in [-0.3, -0.25) is 14.4 Å². The van der Waals surface area contributed by atoms with E-state index in [1.165, 1.54) is 25.1 Å². The van der Waals surface area contributed by atoms with Gasteiger partial charge < -0.3 is 10.4 Å². The third-order valence-corrected chi connectivity index (χ3v) is 4.74. The first kappa shape index (κ1) is 19.7. The van der Waals surface area contributed by atoms with Crippen LogP contribution in [0, 0.1) is 5.82 Å². The van der Waals surface area contributed by atoms with Gasteiger partial charge in [-0.25, -0.2) is 4.39 Å². The van der Waals surface area contributed by atoms with E-state index >= 15 is 0 Å². The third-order valence-electron chi connectivity index (χ3n) is 4.74. The highest BCUT2D eigenvalue weighted by molar-refractivity contribution is 6.24. The summed E-state index contributed by atoms with van der Waals surface area (Å²) in [5.41, 5.74) is -0.0841. The fraction of sp³-hybridized carbons (Fsp3) is 0.350. The molecule has 0 radical (unpaired) electrons. The summed E-state index contributed by atoms with van der Waals surface area (Å²) in [6.45, 7) is 6.10. The number of benzene rings is 1. The van der Waals surface area contributed by atoms with Crippen LogP contribution < -0.4 is 5.32 Å². The smallest absolute Gasteiger partial charge is 0.256 e. The fourth-order valence-electron chi connectivity index (χ4n) is 2.77. The van der Waals surface area contributed by atoms with Gasteiger partial charge in [0.15, 0.2) is 11.6 Å². The molecular weight excluding hydrogens is 337 g/mol. The van der Waals surface area contributed by atoms with Crippen LogP contribution in [0.2, 0.25) is 0 Å². The Labute approximate surface area is 151 Å². The van der Waals surface area contributed by atoms with E-state index in [0.29, 0.717) is 22.3 Å². The Morgan fingerprint density at radius 3 is 2.35 bits per heavy atom. The van der Waals surface area contributed by atoms with Crippen LogP contribution in [0.4, 0.5) is 10.1 Å². The standard InChI is InChI=1S/C20H22FNO4/c1-11-12(2)18(24)16(13(3)17(11)23)8-9-20(4,26)19(25)22-15-7-5-6-14(21)10-15/h5-7,10,26H,8-9H2,1-4H3,(H,22,25). The maximum absolute atomic E-state index is 13.2. The van der Waals surface area contributed by atoms with Crippen LogP contribution in [0.5, 0.6) is 0 Å². The fourth-order valence-corrected chi connectivity index (χ4v) is 2.77. The van der Waals surface area contributed by atoms with Crippen molar-refractivity contribution in [2.75, 3.05) is 5.32 Å². The van der Waals surface area contributed by atoms with Gasteiger partial charge in [-0.2, -0.15) is 0 Å². The van der Waals surface area contributed by atoms with Crippen LogP contribution in [-0.4, -0.2) is 28.2 Å². The molecule has 1 amide bonds. The lowest BCUT2D eigenvalue weighted by Crippen LogP contribution is -2.40. The largest absolute Gasteiger partial charge is 0.380 e. The van der Waals surface area contributed by atoms with E-state index in [4.69, 9.17) is 0 Å². The van der Waals surface area contributed by atoms with Gasteiger partial charge >= 0.3 is 0 Å². The number of aliphatic hydroxyl groups is 1. The number of carbonyl (C=O) groups excluding carboxylic acids is 3. The Kier molecular flexibility index (Phi) is 5.56. The number of nitrogens with one attached hydrogen (secondary N) is 1. The summed E-state index contributed by atoms with van der Waals surface area (Å²) in [4.78, 5) is 36.9. The van der Waals surface area contributed by atoms with Crippen molar-refractivity contribution in [1.29, 1.82) is 0 Å². The minimum Gasteiger partial charge on any atom is -0.380 e. The maximum Gasteiger partial charge on any atom is 0.256 e. The average molecular weight is 359 g/mol. The highest BCUT2D eigenvalue weighted by atomic mass is 19.1. The van der Waals surface area contributed by atoms with Crippen molar-refractivity contribution >= 4 is 23.2 Å². The van der Waals surface area contributed by atoms with E-state index in [9.17, 15) is 23.9 Å². The number of anilines is 1. The second kappa shape index (κ2) is 7.33. The summed E-state index contributed by atoms with van der Waals surface area (Å²) in [5, 5.41) is 12.9. The van der Waals surface area contributed by atoms with Crippen molar-refractivity contribution in [2.45, 2.75) is 46.1 Å². The molecule has 0 spiro atoms. The second-order valence-electron chi connectivity index (χ2n) is 6.75. The molecule has 0 heterocycles. The average Bonchev–Trinajstić information content (AvgIpc) is 2.58. The molecule has 1 aromatic rings. The van der Waals surface area contributed by atoms with E-state index in [-0.39, 0.29) is 30.1 Å². The Morgan fingerprint density at radius 1 is 1.12 bits per heavy atom. The minimum absolute atomic E-state index is 0.0494. The highest BCUT2D eigenvalue weighted by Crippen LogP contribution is 2.29. The van der Waals surface area contributed by atoms with Gasteiger partial charge in [-0.05, 0) is 58.7 Å². The number of allylic oxidation sites excluding steroid dienone is 4. The van der Waals surface area contributed by atoms with Gasteiger partial charge in [0.1, 0.15) is 11.4 Å². The molecule has 6 heteroatoms. The molecule has 0 saturated heterocycles. The Balaban J connectivity index is 2.11. The molecular formula is C20H22FNO4. The molecule has 0 fully saturated rings. The van der Waals surface area contributed by atoms with Crippen molar-refractivity contribution in [1.82, 2.24) is 0 Å². The van der Waals surface area contributed by atoms with Crippen molar-refractivity contribution in [3.63, 3.8) is 0 Å². The first-order valence-corrected chi connectivity index (χ1v) is 8.30. The van der Waals surface area contributed by atoms with Gasteiger partial charge in [-0.1, -0.05) is 6.07 Å². The van der Waals surface area contributed by atoms with E-state index in [2.05, 4.69) is 5.32 Å². The molecule has 1 aliphatic carbocycles. The predicted molar refractivity (Wildman–Crippen MR) is 96.0 cm³/mol. The van der Waals surface area contributed by atoms with Crippen LogP contribution >= 0.6 is 0 Å². The van der Waals surface area contributed by atoms with Crippen molar-refractivity contribution in [3.8, 4) is 0 Å². The Morgan fingerprint density at radius 2 is 1.73 bits per heavy atom. The number of carbonyl (C=O) groups is 3. The molecule has 2 rings (SSSR count). The zero-order valence-corrected chi connectivity index (χ0v) is 15.3. The number of ketones is 2. The molecule has 1 aliphatic rings. The monoisotopic (exact) mass is 359 g/mol. The topological polar surface area (TPSA) is 83.5 Å². The molecule has 2 N–H and O–H groups in total. The molecule has 1 unspecified atom stereocenters. The van der Waals surface area contributed by atoms with Crippen molar-refractivity contribution < 1.29 is 23.9 Å². The molecule has 0 aliphatic heterocycles. The maximum atomic E-state index is 13.2. The summed E-state index contributed by atoms with van der Waals surface area (Å²) in [5.74, 6) is -1.64. The number of hydrogen-bond donors (Lipinski definition) is 2. The molecule has 0 aromatic heterocycles. The van der Waals surface area contributed by atoms with Crippen LogP contribution in [-0.2, 0) is 14.4 Å². The second-order valence-corrected chi connectivity index (χ2v) is 6.75. The molecule has 0 saturated carbocycles. The summed E-state index contributed by atoms with van der Waals surface area (Å²) < 4.78 is 13.2. The van der Waals surface area contributed by atoms with E-state index in [1.54, 1.807) is 20.8 Å². The van der Waals surface area contributed by atoms with Crippen LogP contribution in [0.1, 0.15) is 40.5 Å². The first-order chi connectivity index (χ1) is 12.0. The summed E-state index contributed by atoms with van der Waals surface area (Å²) in [6, 6.07) is 5.33. The number of Topliss-reactive ketones (excluding diaryl/α,β-unsaturated/α-hetero) is 2. The number of amides is 1. The van der Waals surface area contributed by atoms with Crippen LogP contribution in [0.25, 0.3) is 0 Å². The van der Waals surface area contributed by atoms with Crippen LogP contribution in [0.3, 0.4) is 0 Å². The molecule has 138 valence electrons. The zero-order chi connectivity index (χ0) is 19.6. The predicted octanol–water partition coefficient (Wildman–Crippen LogP) is 3.10. The lowest BCUT2D eigenvalue weighted by Gasteiger charge is -2.24. The summed E-state index contributed by atoms with van der Waals surface area (Å²) in [7, 11) is 0. The molecule has 26 heavy (non-hydrogen) atoms. The normalized spacial score (nSPS) is 17.5. The third kappa shape index (κ3) is 3.96. The lowest BCUT2D eigenvalue weighted by molar-refractivity contribution is -0.133. The molecule has 1 atom stereocenters. The summed E-state index contributed by atoms with van der Waals surface area (Å²) >= 11 is 0. The van der Waals surface area contributed by atoms with Gasteiger partial charge in [0, 0.05) is 28.0 Å². The Bertz CT molecular complexity index is 849. The summed E-state index contributed by atoms with van der Waals surface area (Å²) in [6.07, 6.45) is 0.0385. The first-order valence-electron chi connectivity index (χ1n) is 8.30. The van der Waals surface area contributed by atoms with Gasteiger partial charge in [-0.15, -0.1) is 0 Å². The highest BCUT2D eigenvalue weighted by Gasteiger charge is 2.33. The van der Waals surface area contributed by atoms with E-state index in [0.717, 1.165) is 6.07 Å². The molecule has 1 aromatic carbocycles. The quantitative estimate of drug-likeness (QED) is 0.792. The van der Waals surface area contributed by atoms with Crippen molar-refractivity contribution in [2.24, 2.45) is 0 Å². The van der Waals surface area contributed by atoms with Gasteiger partial charge in [0.2, 0.25) is 0 Å². The van der Waals surface area contributed by atoms with Crippen LogP contribution in [0.15, 0.2) is 46.6 Å². The minimum atomic E-state index is -1.78. The van der Waals surface area contributed by atoms with E-state index in [1.807, 2.05) is 0 Å². The SMILES string of the molecule is CC1=C(C)C(=O)C(CCC(C)(O)C(=O)Nc2cccc(F)c2)=C(C)C1=O. The number of hydrogen-bond acceptors (Lipinski definition) is 4. The van der Waals surface area contributed by atoms with E-state index < -0.39 is 17.3 Å². The number of rotatable bonds is 5. The number of halogens is 1. The van der Waals surface area contributed by atoms with Gasteiger partial charge in [0.25, 0.3) is 5.91 Å². The zero-order valence-electron chi connectivity index (χ0n) is 15.3. The lowest BCUT2D eigenvalue weighted by atomic mass is 9.82. The molecule has 5 nitrogen and oxygen atoms in total. The Hall–Kier alpha value is -2.60. The van der Waals surface area contributed by atoms with Gasteiger partial charge in [0.05, 0.1) is 0 Å². The molecule has 0 bridgehead atoms. The van der Waals surface area contributed by atoms with Crippen molar-refractivity contribution in [3.05, 3.63) is 52.4 Å².